The number of ether oxygens (including phenoxy) is 1. The Hall–Kier alpha value is -1.35. The SMILES string of the molecule is Cc1ccccc1OC(=O)C1CCNCC1. The maximum atomic E-state index is 11.9. The van der Waals surface area contributed by atoms with Gasteiger partial charge in [0, 0.05) is 0 Å². The Balaban J connectivity index is 1.99. The lowest BCUT2D eigenvalue weighted by molar-refractivity contribution is -0.139. The number of aryl methyl sites for hydroxylation is 1. The quantitative estimate of drug-likeness (QED) is 0.610. The Bertz CT molecular complexity index is 370. The van der Waals surface area contributed by atoms with Gasteiger partial charge in [-0.05, 0) is 44.5 Å². The van der Waals surface area contributed by atoms with Crippen LogP contribution in [0.4, 0.5) is 0 Å². The van der Waals surface area contributed by atoms with Crippen molar-refractivity contribution in [2.45, 2.75) is 19.8 Å². The van der Waals surface area contributed by atoms with Gasteiger partial charge in [-0.1, -0.05) is 18.2 Å². The van der Waals surface area contributed by atoms with Crippen molar-refractivity contribution >= 4 is 5.97 Å². The van der Waals surface area contributed by atoms with Gasteiger partial charge in [-0.25, -0.2) is 0 Å². The summed E-state index contributed by atoms with van der Waals surface area (Å²) < 4.78 is 5.42. The molecule has 0 bridgehead atoms. The Morgan fingerprint density at radius 3 is 2.69 bits per heavy atom. The summed E-state index contributed by atoms with van der Waals surface area (Å²) in [6, 6.07) is 7.62. The fourth-order valence-corrected chi connectivity index (χ4v) is 1.92. The maximum absolute atomic E-state index is 11.9. The molecule has 1 saturated heterocycles. The molecule has 2 rings (SSSR count). The van der Waals surface area contributed by atoms with E-state index < -0.39 is 0 Å². The molecule has 1 heterocycles. The lowest BCUT2D eigenvalue weighted by Gasteiger charge is -2.21. The summed E-state index contributed by atoms with van der Waals surface area (Å²) in [6.45, 7) is 3.77. The number of para-hydroxylation sites is 1. The van der Waals surface area contributed by atoms with Crippen LogP contribution in [-0.4, -0.2) is 19.1 Å². The summed E-state index contributed by atoms with van der Waals surface area (Å²) in [6.07, 6.45) is 1.76. The van der Waals surface area contributed by atoms with Crippen LogP contribution in [0, 0.1) is 12.8 Å². The van der Waals surface area contributed by atoms with E-state index in [4.69, 9.17) is 4.74 Å². The predicted octanol–water partition coefficient (Wildman–Crippen LogP) is 1.90. The molecule has 1 aromatic rings. The highest BCUT2D eigenvalue weighted by Crippen LogP contribution is 2.20. The molecule has 0 spiro atoms. The minimum Gasteiger partial charge on any atom is -0.426 e. The van der Waals surface area contributed by atoms with Gasteiger partial charge in [0.05, 0.1) is 5.92 Å². The molecule has 3 heteroatoms. The first-order valence-electron chi connectivity index (χ1n) is 5.75. The molecule has 0 radical (unpaired) electrons. The second kappa shape index (κ2) is 5.12. The Labute approximate surface area is 95.8 Å². The molecule has 1 aromatic carbocycles. The fourth-order valence-electron chi connectivity index (χ4n) is 1.92. The number of nitrogens with one attached hydrogen (secondary N) is 1. The number of hydrogen-bond donors (Lipinski definition) is 1. The van der Waals surface area contributed by atoms with Gasteiger partial charge >= 0.3 is 5.97 Å². The molecule has 3 nitrogen and oxygen atoms in total. The van der Waals surface area contributed by atoms with Crippen molar-refractivity contribution in [3.63, 3.8) is 0 Å². The van der Waals surface area contributed by atoms with Crippen molar-refractivity contribution in [3.05, 3.63) is 29.8 Å². The zero-order valence-corrected chi connectivity index (χ0v) is 9.53. The van der Waals surface area contributed by atoms with Crippen molar-refractivity contribution in [2.75, 3.05) is 13.1 Å². The zero-order valence-electron chi connectivity index (χ0n) is 9.53. The highest BCUT2D eigenvalue weighted by Gasteiger charge is 2.22. The van der Waals surface area contributed by atoms with Crippen LogP contribution in [0.25, 0.3) is 0 Å². The Kier molecular flexibility index (Phi) is 3.57. The third-order valence-electron chi connectivity index (χ3n) is 2.98. The van der Waals surface area contributed by atoms with Crippen LogP contribution in [0.1, 0.15) is 18.4 Å². The van der Waals surface area contributed by atoms with Crippen molar-refractivity contribution in [1.82, 2.24) is 5.32 Å². The lowest BCUT2D eigenvalue weighted by Crippen LogP contribution is -2.33. The third-order valence-corrected chi connectivity index (χ3v) is 2.98. The second-order valence-electron chi connectivity index (χ2n) is 4.21. The van der Waals surface area contributed by atoms with Crippen molar-refractivity contribution in [3.8, 4) is 5.75 Å². The Morgan fingerprint density at radius 2 is 2.00 bits per heavy atom. The highest BCUT2D eigenvalue weighted by molar-refractivity contribution is 5.75. The average molecular weight is 219 g/mol. The molecule has 1 aliphatic heterocycles. The minimum absolute atomic E-state index is 0.0563. The molecule has 1 fully saturated rings. The van der Waals surface area contributed by atoms with Gasteiger partial charge in [-0.15, -0.1) is 0 Å². The predicted molar refractivity (Wildman–Crippen MR) is 62.4 cm³/mol. The molecule has 0 aromatic heterocycles. The van der Waals surface area contributed by atoms with Crippen LogP contribution in [0.3, 0.4) is 0 Å². The van der Waals surface area contributed by atoms with E-state index in [1.165, 1.54) is 0 Å². The number of carbonyl (C=O) groups excluding carboxylic acids is 1. The summed E-state index contributed by atoms with van der Waals surface area (Å²) >= 11 is 0. The first-order chi connectivity index (χ1) is 7.77. The highest BCUT2D eigenvalue weighted by atomic mass is 16.5. The van der Waals surface area contributed by atoms with Gasteiger partial charge in [0.1, 0.15) is 5.75 Å². The molecule has 0 unspecified atom stereocenters. The van der Waals surface area contributed by atoms with Gasteiger partial charge in [-0.2, -0.15) is 0 Å². The van der Waals surface area contributed by atoms with Crippen LogP contribution < -0.4 is 10.1 Å². The van der Waals surface area contributed by atoms with Gasteiger partial charge < -0.3 is 10.1 Å². The van der Waals surface area contributed by atoms with Crippen molar-refractivity contribution in [1.29, 1.82) is 0 Å². The monoisotopic (exact) mass is 219 g/mol. The summed E-state index contributed by atoms with van der Waals surface area (Å²) in [5.74, 6) is 0.655. The summed E-state index contributed by atoms with van der Waals surface area (Å²) in [5.41, 5.74) is 1.00. The van der Waals surface area contributed by atoms with E-state index in [1.807, 2.05) is 31.2 Å². The van der Waals surface area contributed by atoms with Crippen molar-refractivity contribution in [2.24, 2.45) is 5.92 Å². The van der Waals surface area contributed by atoms with E-state index in [2.05, 4.69) is 5.32 Å². The van der Waals surface area contributed by atoms with E-state index in [0.29, 0.717) is 5.75 Å². The van der Waals surface area contributed by atoms with Gasteiger partial charge in [-0.3, -0.25) is 4.79 Å². The molecule has 0 aliphatic carbocycles. The molecule has 0 atom stereocenters. The summed E-state index contributed by atoms with van der Waals surface area (Å²) in [7, 11) is 0. The smallest absolute Gasteiger partial charge is 0.314 e. The number of hydrogen-bond acceptors (Lipinski definition) is 3. The lowest BCUT2D eigenvalue weighted by atomic mass is 9.98. The summed E-state index contributed by atoms with van der Waals surface area (Å²) in [5, 5.41) is 3.24. The standard InChI is InChI=1S/C13H17NO2/c1-10-4-2-3-5-12(10)16-13(15)11-6-8-14-9-7-11/h2-5,11,14H,6-9H2,1H3. The molecule has 0 amide bonds. The molecular formula is C13H17NO2. The molecule has 1 N–H and O–H groups in total. The normalized spacial score (nSPS) is 17.1. The summed E-state index contributed by atoms with van der Waals surface area (Å²) in [4.78, 5) is 11.9. The first kappa shape index (κ1) is 11.1. The molecule has 0 saturated carbocycles. The zero-order chi connectivity index (χ0) is 11.4. The maximum Gasteiger partial charge on any atom is 0.314 e. The molecule has 1 aliphatic rings. The van der Waals surface area contributed by atoms with E-state index >= 15 is 0 Å². The van der Waals surface area contributed by atoms with Crippen LogP contribution in [-0.2, 0) is 4.79 Å². The molecular weight excluding hydrogens is 202 g/mol. The van der Waals surface area contributed by atoms with Gasteiger partial charge in [0.2, 0.25) is 0 Å². The van der Waals surface area contributed by atoms with E-state index in [1.54, 1.807) is 0 Å². The minimum atomic E-state index is -0.0872. The van der Waals surface area contributed by atoms with E-state index in [0.717, 1.165) is 31.5 Å². The number of rotatable bonds is 2. The molecule has 16 heavy (non-hydrogen) atoms. The van der Waals surface area contributed by atoms with Crippen LogP contribution in [0.5, 0.6) is 5.75 Å². The number of benzene rings is 1. The van der Waals surface area contributed by atoms with Crippen LogP contribution in [0.15, 0.2) is 24.3 Å². The number of esters is 1. The Morgan fingerprint density at radius 1 is 1.31 bits per heavy atom. The first-order valence-corrected chi connectivity index (χ1v) is 5.75. The van der Waals surface area contributed by atoms with Gasteiger partial charge in [0.15, 0.2) is 0 Å². The average Bonchev–Trinajstić information content (AvgIpc) is 2.33. The van der Waals surface area contributed by atoms with Crippen LogP contribution >= 0.6 is 0 Å². The topological polar surface area (TPSA) is 38.3 Å². The van der Waals surface area contributed by atoms with E-state index in [-0.39, 0.29) is 11.9 Å². The van der Waals surface area contributed by atoms with E-state index in [9.17, 15) is 4.79 Å². The van der Waals surface area contributed by atoms with Gasteiger partial charge in [0.25, 0.3) is 0 Å². The second-order valence-corrected chi connectivity index (χ2v) is 4.21. The van der Waals surface area contributed by atoms with Crippen LogP contribution in [0.2, 0.25) is 0 Å². The fraction of sp³-hybridized carbons (Fsp3) is 0.462. The largest absolute Gasteiger partial charge is 0.426 e. The number of piperidine rings is 1. The number of carbonyl (C=O) groups is 1. The third kappa shape index (κ3) is 2.61. The molecule has 86 valence electrons. The van der Waals surface area contributed by atoms with Crippen molar-refractivity contribution < 1.29 is 9.53 Å².